The van der Waals surface area contributed by atoms with Gasteiger partial charge in [0.15, 0.2) is 0 Å². The molecule has 0 fully saturated rings. The van der Waals surface area contributed by atoms with Gasteiger partial charge in [0.25, 0.3) is 0 Å². The fourth-order valence-electron chi connectivity index (χ4n) is 4.63. The number of benzene rings is 1. The smallest absolute Gasteiger partial charge is 0.0870 e. The Morgan fingerprint density at radius 1 is 1.10 bits per heavy atom. The van der Waals surface area contributed by atoms with Crippen LogP contribution in [0.4, 0.5) is 0 Å². The SMILES string of the molecule is CC(C)[C@@H]1[C@@H](C)C=CC[Si@]1(c1ccccc1)[Si](C)(C)C. The Morgan fingerprint density at radius 2 is 1.70 bits per heavy atom. The van der Waals surface area contributed by atoms with Gasteiger partial charge in [0.2, 0.25) is 0 Å². The topological polar surface area (TPSA) is 0 Å². The largest absolute Gasteiger partial charge is 0.0908 e. The van der Waals surface area contributed by atoms with Crippen LogP contribution in [0.5, 0.6) is 0 Å². The fourth-order valence-corrected chi connectivity index (χ4v) is 21.5. The molecular weight excluding hydrogens is 272 g/mol. The predicted molar refractivity (Wildman–Crippen MR) is 96.9 cm³/mol. The molecule has 0 N–H and O–H groups in total. The summed E-state index contributed by atoms with van der Waals surface area (Å²) < 4.78 is 0. The Labute approximate surface area is 127 Å². The lowest BCUT2D eigenvalue weighted by Crippen LogP contribution is -2.70. The minimum Gasteiger partial charge on any atom is -0.0908 e. The monoisotopic (exact) mass is 302 g/mol. The lowest BCUT2D eigenvalue weighted by atomic mass is 9.97. The van der Waals surface area contributed by atoms with E-state index in [1.807, 2.05) is 0 Å². The van der Waals surface area contributed by atoms with Gasteiger partial charge in [-0.3, -0.25) is 0 Å². The molecule has 0 aliphatic carbocycles. The quantitative estimate of drug-likeness (QED) is 0.545. The van der Waals surface area contributed by atoms with Gasteiger partial charge in [-0.15, -0.1) is 0 Å². The van der Waals surface area contributed by atoms with Crippen molar-refractivity contribution in [1.29, 1.82) is 0 Å². The summed E-state index contributed by atoms with van der Waals surface area (Å²) in [5.74, 6) is 1.52. The lowest BCUT2D eigenvalue weighted by molar-refractivity contribution is 0.484. The highest BCUT2D eigenvalue weighted by Crippen LogP contribution is 2.47. The van der Waals surface area contributed by atoms with Crippen molar-refractivity contribution in [1.82, 2.24) is 0 Å². The molecule has 1 aliphatic heterocycles. The predicted octanol–water partition coefficient (Wildman–Crippen LogP) is 4.99. The molecule has 0 bridgehead atoms. The van der Waals surface area contributed by atoms with Crippen LogP contribution >= 0.6 is 0 Å². The molecule has 110 valence electrons. The van der Waals surface area contributed by atoms with Crippen LogP contribution in [0, 0.1) is 11.8 Å². The standard InChI is InChI=1S/C18H30Si2/c1-15(2)18-16(3)11-10-14-20(18,19(4,5)6)17-12-8-7-9-13-17/h7-13,15-16,18H,14H2,1-6H3/t16-,18+,20+/m0/s1. The Balaban J connectivity index is 2.66. The van der Waals surface area contributed by atoms with Gasteiger partial charge in [-0.05, 0) is 23.4 Å². The van der Waals surface area contributed by atoms with Crippen molar-refractivity contribution in [2.24, 2.45) is 11.8 Å². The van der Waals surface area contributed by atoms with Crippen molar-refractivity contribution in [3.05, 3.63) is 42.5 Å². The van der Waals surface area contributed by atoms with Gasteiger partial charge >= 0.3 is 0 Å². The molecule has 0 saturated heterocycles. The van der Waals surface area contributed by atoms with Crippen LogP contribution in [0.2, 0.25) is 31.2 Å². The van der Waals surface area contributed by atoms with E-state index in [2.05, 4.69) is 82.9 Å². The van der Waals surface area contributed by atoms with Crippen molar-refractivity contribution in [2.45, 2.75) is 52.0 Å². The Bertz CT molecular complexity index is 470. The summed E-state index contributed by atoms with van der Waals surface area (Å²) in [6.07, 6.45) is 5.00. The molecule has 0 radical (unpaired) electrons. The second-order valence-corrected chi connectivity index (χ2v) is 23.1. The maximum atomic E-state index is 2.62. The molecule has 0 unspecified atom stereocenters. The Kier molecular flexibility index (Phi) is 4.45. The molecular formula is C18H30Si2. The first-order valence-electron chi connectivity index (χ1n) is 8.03. The Morgan fingerprint density at radius 3 is 2.20 bits per heavy atom. The highest BCUT2D eigenvalue weighted by Gasteiger charge is 2.54. The first-order valence-corrected chi connectivity index (χ1v) is 14.8. The van der Waals surface area contributed by atoms with Gasteiger partial charge in [-0.1, -0.05) is 88.1 Å². The van der Waals surface area contributed by atoms with Crippen molar-refractivity contribution in [3.63, 3.8) is 0 Å². The number of allylic oxidation sites excluding steroid dienone is 2. The van der Waals surface area contributed by atoms with E-state index in [0.717, 1.165) is 17.4 Å². The van der Waals surface area contributed by atoms with Crippen molar-refractivity contribution in [2.75, 3.05) is 0 Å². The summed E-state index contributed by atoms with van der Waals surface area (Å²) in [7, 11) is -2.69. The number of hydrogen-bond donors (Lipinski definition) is 0. The van der Waals surface area contributed by atoms with E-state index in [4.69, 9.17) is 0 Å². The maximum absolute atomic E-state index is 2.62. The summed E-state index contributed by atoms with van der Waals surface area (Å²) in [6.45, 7) is 15.2. The molecule has 1 aromatic rings. The van der Waals surface area contributed by atoms with Gasteiger partial charge in [0.1, 0.15) is 0 Å². The third-order valence-electron chi connectivity index (χ3n) is 5.36. The molecule has 0 nitrogen and oxygen atoms in total. The zero-order valence-corrected chi connectivity index (χ0v) is 16.0. The minimum absolute atomic E-state index is 0.738. The van der Waals surface area contributed by atoms with Crippen LogP contribution < -0.4 is 5.19 Å². The van der Waals surface area contributed by atoms with Gasteiger partial charge in [0, 0.05) is 7.59 Å². The van der Waals surface area contributed by atoms with Crippen molar-refractivity contribution >= 4 is 20.4 Å². The summed E-state index contributed by atoms with van der Waals surface area (Å²) in [5, 5.41) is 1.72. The Hall–Kier alpha value is -0.606. The molecule has 0 aromatic heterocycles. The van der Waals surface area contributed by atoms with E-state index in [9.17, 15) is 0 Å². The lowest BCUT2D eigenvalue weighted by Gasteiger charge is -2.53. The maximum Gasteiger partial charge on any atom is 0.0870 e. The van der Waals surface area contributed by atoms with E-state index in [-0.39, 0.29) is 0 Å². The highest BCUT2D eigenvalue weighted by molar-refractivity contribution is 7.46. The molecule has 0 amide bonds. The highest BCUT2D eigenvalue weighted by atomic mass is 29.3. The normalized spacial score (nSPS) is 30.8. The van der Waals surface area contributed by atoms with Crippen molar-refractivity contribution < 1.29 is 0 Å². The molecule has 1 heterocycles. The van der Waals surface area contributed by atoms with Crippen LogP contribution in [0.1, 0.15) is 20.8 Å². The molecule has 2 rings (SSSR count). The summed E-state index contributed by atoms with van der Waals surface area (Å²) in [6, 6.07) is 12.9. The van der Waals surface area contributed by atoms with Gasteiger partial charge in [-0.25, -0.2) is 0 Å². The minimum atomic E-state index is -1.46. The summed E-state index contributed by atoms with van der Waals surface area (Å²) in [5.41, 5.74) is 0.890. The number of hydrogen-bond acceptors (Lipinski definition) is 0. The van der Waals surface area contributed by atoms with Crippen LogP contribution in [-0.2, 0) is 0 Å². The van der Waals surface area contributed by atoms with E-state index in [0.29, 0.717) is 0 Å². The average molecular weight is 303 g/mol. The third kappa shape index (κ3) is 2.48. The molecule has 0 spiro atoms. The average Bonchev–Trinajstić information content (AvgIpc) is 2.37. The molecule has 20 heavy (non-hydrogen) atoms. The zero-order chi connectivity index (χ0) is 15.0. The van der Waals surface area contributed by atoms with E-state index < -0.39 is 15.2 Å². The van der Waals surface area contributed by atoms with Crippen molar-refractivity contribution in [3.8, 4) is 0 Å². The van der Waals surface area contributed by atoms with Crippen LogP contribution in [0.25, 0.3) is 0 Å². The van der Waals surface area contributed by atoms with E-state index >= 15 is 0 Å². The second-order valence-electron chi connectivity index (χ2n) is 7.85. The summed E-state index contributed by atoms with van der Waals surface area (Å²) >= 11 is 0. The second kappa shape index (κ2) is 5.65. The third-order valence-corrected chi connectivity index (χ3v) is 23.1. The van der Waals surface area contributed by atoms with Gasteiger partial charge < -0.3 is 0 Å². The molecule has 3 atom stereocenters. The van der Waals surface area contributed by atoms with Crippen LogP contribution in [0.15, 0.2) is 42.5 Å². The van der Waals surface area contributed by atoms with Crippen LogP contribution in [0.3, 0.4) is 0 Å². The number of rotatable bonds is 3. The first-order chi connectivity index (χ1) is 9.30. The molecule has 1 aliphatic rings. The fraction of sp³-hybridized carbons (Fsp3) is 0.556. The van der Waals surface area contributed by atoms with Gasteiger partial charge in [0.05, 0.1) is 7.59 Å². The first kappa shape index (κ1) is 15.8. The van der Waals surface area contributed by atoms with Crippen LogP contribution in [-0.4, -0.2) is 15.2 Å². The summed E-state index contributed by atoms with van der Waals surface area (Å²) in [4.78, 5) is 0. The molecule has 2 heteroatoms. The molecule has 0 saturated carbocycles. The van der Waals surface area contributed by atoms with E-state index in [1.165, 1.54) is 6.04 Å². The van der Waals surface area contributed by atoms with Gasteiger partial charge in [-0.2, -0.15) is 0 Å². The zero-order valence-electron chi connectivity index (χ0n) is 14.0. The molecule has 1 aromatic carbocycles. The van der Waals surface area contributed by atoms with E-state index in [1.54, 1.807) is 5.19 Å².